The predicted molar refractivity (Wildman–Crippen MR) is 56.8 cm³/mol. The third kappa shape index (κ3) is 5.04. The van der Waals surface area contributed by atoms with E-state index in [9.17, 15) is 4.79 Å². The van der Waals surface area contributed by atoms with Crippen molar-refractivity contribution in [1.82, 2.24) is 5.32 Å². The van der Waals surface area contributed by atoms with Crippen LogP contribution in [-0.4, -0.2) is 18.4 Å². The Morgan fingerprint density at radius 3 is 2.38 bits per heavy atom. The van der Waals surface area contributed by atoms with E-state index >= 15 is 0 Å². The zero-order chi connectivity index (χ0) is 10.5. The summed E-state index contributed by atoms with van der Waals surface area (Å²) in [5.41, 5.74) is -0.0565. The first-order valence-corrected chi connectivity index (χ1v) is 5.14. The summed E-state index contributed by atoms with van der Waals surface area (Å²) in [6, 6.07) is 0. The molecule has 0 amide bonds. The minimum Gasteiger partial charge on any atom is -0.314 e. The van der Waals surface area contributed by atoms with Crippen molar-refractivity contribution in [2.24, 2.45) is 5.92 Å². The fourth-order valence-electron chi connectivity index (χ4n) is 1.29. The van der Waals surface area contributed by atoms with Gasteiger partial charge in [0.15, 0.2) is 0 Å². The average Bonchev–Trinajstić information content (AvgIpc) is 2.04. The van der Waals surface area contributed by atoms with Gasteiger partial charge in [0.1, 0.15) is 5.78 Å². The lowest BCUT2D eigenvalue weighted by molar-refractivity contribution is -0.123. The quantitative estimate of drug-likeness (QED) is 0.688. The van der Waals surface area contributed by atoms with Crippen LogP contribution in [0.2, 0.25) is 0 Å². The van der Waals surface area contributed by atoms with Gasteiger partial charge in [0.05, 0.1) is 0 Å². The topological polar surface area (TPSA) is 29.1 Å². The molecule has 0 aliphatic carbocycles. The Morgan fingerprint density at radius 1 is 1.46 bits per heavy atom. The van der Waals surface area contributed by atoms with Gasteiger partial charge in [0, 0.05) is 17.9 Å². The maximum atomic E-state index is 11.7. The van der Waals surface area contributed by atoms with Gasteiger partial charge in [-0.15, -0.1) is 0 Å². The van der Waals surface area contributed by atoms with Crippen LogP contribution in [0, 0.1) is 5.92 Å². The second-order valence-corrected chi connectivity index (χ2v) is 4.47. The summed E-state index contributed by atoms with van der Waals surface area (Å²) in [5.74, 6) is 0.596. The molecule has 0 aromatic carbocycles. The van der Waals surface area contributed by atoms with Crippen LogP contribution >= 0.6 is 0 Å². The lowest BCUT2D eigenvalue weighted by Crippen LogP contribution is -2.39. The summed E-state index contributed by atoms with van der Waals surface area (Å²) in [6.07, 6.45) is 2.73. The lowest BCUT2D eigenvalue weighted by atomic mass is 9.90. The maximum Gasteiger partial charge on any atom is 0.137 e. The smallest absolute Gasteiger partial charge is 0.137 e. The number of rotatable bonds is 6. The summed E-state index contributed by atoms with van der Waals surface area (Å²) < 4.78 is 0. The maximum absolute atomic E-state index is 11.7. The van der Waals surface area contributed by atoms with Gasteiger partial charge in [-0.1, -0.05) is 20.3 Å². The lowest BCUT2D eigenvalue weighted by Gasteiger charge is -2.24. The minimum absolute atomic E-state index is 0.0565. The molecular weight excluding hydrogens is 162 g/mol. The van der Waals surface area contributed by atoms with E-state index in [0.717, 1.165) is 12.8 Å². The molecule has 0 radical (unpaired) electrons. The van der Waals surface area contributed by atoms with E-state index in [0.29, 0.717) is 12.2 Å². The van der Waals surface area contributed by atoms with Gasteiger partial charge < -0.3 is 5.32 Å². The van der Waals surface area contributed by atoms with Crippen molar-refractivity contribution in [2.75, 3.05) is 7.05 Å². The van der Waals surface area contributed by atoms with Crippen molar-refractivity contribution in [3.05, 3.63) is 0 Å². The molecular formula is C11H23NO. The van der Waals surface area contributed by atoms with E-state index in [1.54, 1.807) is 0 Å². The fraction of sp³-hybridized carbons (Fsp3) is 0.909. The zero-order valence-corrected chi connectivity index (χ0v) is 9.61. The van der Waals surface area contributed by atoms with Crippen LogP contribution in [0.25, 0.3) is 0 Å². The van der Waals surface area contributed by atoms with Gasteiger partial charge in [-0.3, -0.25) is 4.79 Å². The second-order valence-electron chi connectivity index (χ2n) is 4.47. The van der Waals surface area contributed by atoms with Crippen molar-refractivity contribution in [1.29, 1.82) is 0 Å². The van der Waals surface area contributed by atoms with E-state index in [-0.39, 0.29) is 11.5 Å². The Kier molecular flexibility index (Phi) is 5.23. The fourth-order valence-corrected chi connectivity index (χ4v) is 1.29. The van der Waals surface area contributed by atoms with Gasteiger partial charge in [-0.25, -0.2) is 0 Å². The Bertz CT molecular complexity index is 163. The Hall–Kier alpha value is -0.370. The van der Waals surface area contributed by atoms with Crippen molar-refractivity contribution in [3.8, 4) is 0 Å². The second kappa shape index (κ2) is 5.38. The zero-order valence-electron chi connectivity index (χ0n) is 9.61. The number of carbonyl (C=O) groups excluding carboxylic acids is 1. The van der Waals surface area contributed by atoms with Gasteiger partial charge in [0.25, 0.3) is 0 Å². The van der Waals surface area contributed by atoms with Crippen molar-refractivity contribution < 1.29 is 4.79 Å². The van der Waals surface area contributed by atoms with Gasteiger partial charge in [-0.2, -0.15) is 0 Å². The predicted octanol–water partition coefficient (Wildman–Crippen LogP) is 2.38. The largest absolute Gasteiger partial charge is 0.314 e. The molecule has 0 aliphatic rings. The summed E-state index contributed by atoms with van der Waals surface area (Å²) in [5, 5.41) is 3.15. The Labute approximate surface area is 82.1 Å². The number of ketones is 1. The van der Waals surface area contributed by atoms with Crippen LogP contribution in [0.3, 0.4) is 0 Å². The average molecular weight is 185 g/mol. The molecule has 13 heavy (non-hydrogen) atoms. The van der Waals surface area contributed by atoms with Crippen LogP contribution in [-0.2, 0) is 4.79 Å². The molecule has 0 bridgehead atoms. The highest BCUT2D eigenvalue weighted by Crippen LogP contribution is 2.15. The van der Waals surface area contributed by atoms with E-state index in [1.165, 1.54) is 0 Å². The first-order valence-electron chi connectivity index (χ1n) is 5.14. The summed E-state index contributed by atoms with van der Waals surface area (Å²) >= 11 is 0. The molecule has 0 aliphatic heterocycles. The van der Waals surface area contributed by atoms with Crippen molar-refractivity contribution >= 4 is 5.78 Å². The molecule has 0 aromatic rings. The number of hydrogen-bond acceptors (Lipinski definition) is 2. The van der Waals surface area contributed by atoms with Crippen LogP contribution < -0.4 is 5.32 Å². The molecule has 0 saturated heterocycles. The molecule has 0 rings (SSSR count). The van der Waals surface area contributed by atoms with Crippen molar-refractivity contribution in [3.63, 3.8) is 0 Å². The molecule has 2 heteroatoms. The van der Waals surface area contributed by atoms with Crippen LogP contribution in [0.5, 0.6) is 0 Å². The Morgan fingerprint density at radius 2 is 2.00 bits per heavy atom. The standard InChI is InChI=1S/C11H23NO/c1-6-7-9(2)10(13)8-11(3,4)12-5/h9,12H,6-8H2,1-5H3. The molecule has 1 N–H and O–H groups in total. The van der Waals surface area contributed by atoms with Gasteiger partial charge >= 0.3 is 0 Å². The molecule has 1 atom stereocenters. The van der Waals surface area contributed by atoms with Crippen LogP contribution in [0.1, 0.15) is 47.0 Å². The third-order valence-electron chi connectivity index (χ3n) is 2.56. The number of nitrogens with one attached hydrogen (secondary N) is 1. The third-order valence-corrected chi connectivity index (χ3v) is 2.56. The Balaban J connectivity index is 3.99. The normalized spacial score (nSPS) is 14.2. The van der Waals surface area contributed by atoms with Gasteiger partial charge in [0.2, 0.25) is 0 Å². The van der Waals surface area contributed by atoms with Crippen molar-refractivity contribution in [2.45, 2.75) is 52.5 Å². The highest BCUT2D eigenvalue weighted by atomic mass is 16.1. The molecule has 1 unspecified atom stereocenters. The number of hydrogen-bond donors (Lipinski definition) is 1. The molecule has 0 heterocycles. The van der Waals surface area contributed by atoms with E-state index in [2.05, 4.69) is 26.1 Å². The SMILES string of the molecule is CCCC(C)C(=O)CC(C)(C)NC. The van der Waals surface area contributed by atoms with E-state index in [4.69, 9.17) is 0 Å². The first-order chi connectivity index (χ1) is 5.93. The molecule has 0 aromatic heterocycles. The highest BCUT2D eigenvalue weighted by Gasteiger charge is 2.22. The molecule has 0 fully saturated rings. The van der Waals surface area contributed by atoms with E-state index in [1.807, 2.05) is 14.0 Å². The van der Waals surface area contributed by atoms with Crippen LogP contribution in [0.4, 0.5) is 0 Å². The molecule has 0 saturated carbocycles. The molecule has 2 nitrogen and oxygen atoms in total. The number of carbonyl (C=O) groups is 1. The summed E-state index contributed by atoms with van der Waals surface area (Å²) in [7, 11) is 1.90. The molecule has 0 spiro atoms. The summed E-state index contributed by atoms with van der Waals surface area (Å²) in [4.78, 5) is 11.7. The van der Waals surface area contributed by atoms with Crippen LogP contribution in [0.15, 0.2) is 0 Å². The highest BCUT2D eigenvalue weighted by molar-refractivity contribution is 5.81. The summed E-state index contributed by atoms with van der Waals surface area (Å²) in [6.45, 7) is 8.26. The first kappa shape index (κ1) is 12.6. The van der Waals surface area contributed by atoms with Gasteiger partial charge in [-0.05, 0) is 27.3 Å². The molecule has 78 valence electrons. The van der Waals surface area contributed by atoms with E-state index < -0.39 is 0 Å². The monoisotopic (exact) mass is 185 g/mol. The number of Topliss-reactive ketones (excluding diaryl/α,β-unsaturated/α-hetero) is 1. The minimum atomic E-state index is -0.0565.